The summed E-state index contributed by atoms with van der Waals surface area (Å²) in [6.45, 7) is 1.94. The van der Waals surface area contributed by atoms with Gasteiger partial charge in [0.05, 0.1) is 0 Å². The first kappa shape index (κ1) is 16.3. The summed E-state index contributed by atoms with van der Waals surface area (Å²) in [6.07, 6.45) is 7.41. The van der Waals surface area contributed by atoms with E-state index in [4.69, 9.17) is 0 Å². The number of hydrogen-bond donors (Lipinski definition) is 2. The molecule has 0 aromatic rings. The van der Waals surface area contributed by atoms with Crippen molar-refractivity contribution in [2.75, 3.05) is 19.6 Å². The lowest BCUT2D eigenvalue weighted by Gasteiger charge is -2.26. The zero-order chi connectivity index (χ0) is 16.2. The number of carbonyl (C=O) groups excluding carboxylic acids is 3. The number of carbonyl (C=O) groups is 3. The molecule has 2 aliphatic heterocycles. The van der Waals surface area contributed by atoms with E-state index in [0.29, 0.717) is 19.5 Å². The first-order valence-corrected chi connectivity index (χ1v) is 8.99. The van der Waals surface area contributed by atoms with Crippen molar-refractivity contribution < 1.29 is 14.4 Å². The van der Waals surface area contributed by atoms with Gasteiger partial charge in [-0.3, -0.25) is 14.4 Å². The van der Waals surface area contributed by atoms with Gasteiger partial charge >= 0.3 is 0 Å². The van der Waals surface area contributed by atoms with Crippen molar-refractivity contribution in [3.05, 3.63) is 0 Å². The Kier molecular flexibility index (Phi) is 5.18. The fourth-order valence-corrected chi connectivity index (χ4v) is 4.01. The molecule has 128 valence electrons. The lowest BCUT2D eigenvalue weighted by atomic mass is 9.88. The van der Waals surface area contributed by atoms with Crippen molar-refractivity contribution in [3.8, 4) is 0 Å². The summed E-state index contributed by atoms with van der Waals surface area (Å²) in [6, 6.07) is 0.0417. The lowest BCUT2D eigenvalue weighted by Crippen LogP contribution is -2.45. The molecule has 0 bridgehead atoms. The molecule has 23 heavy (non-hydrogen) atoms. The summed E-state index contributed by atoms with van der Waals surface area (Å²) in [5, 5.41) is 5.79. The van der Waals surface area contributed by atoms with Gasteiger partial charge in [0.25, 0.3) is 0 Å². The minimum atomic E-state index is -0.216. The van der Waals surface area contributed by atoms with Gasteiger partial charge in [-0.05, 0) is 25.7 Å². The van der Waals surface area contributed by atoms with Gasteiger partial charge in [-0.1, -0.05) is 19.3 Å². The molecular formula is C17H27N3O3. The van der Waals surface area contributed by atoms with Gasteiger partial charge < -0.3 is 15.5 Å². The van der Waals surface area contributed by atoms with Crippen molar-refractivity contribution in [1.29, 1.82) is 0 Å². The number of nitrogens with zero attached hydrogens (tertiary/aromatic N) is 1. The molecule has 6 nitrogen and oxygen atoms in total. The molecule has 3 aliphatic rings. The van der Waals surface area contributed by atoms with Crippen LogP contribution in [0.4, 0.5) is 0 Å². The average molecular weight is 321 g/mol. The Labute approximate surface area is 137 Å². The fourth-order valence-electron chi connectivity index (χ4n) is 4.01. The zero-order valence-electron chi connectivity index (χ0n) is 13.7. The lowest BCUT2D eigenvalue weighted by molar-refractivity contribution is -0.136. The van der Waals surface area contributed by atoms with Crippen LogP contribution in [0.25, 0.3) is 0 Å². The molecule has 1 saturated carbocycles. The first-order chi connectivity index (χ1) is 11.1. The SMILES string of the molecule is O=C1C[C@@H](C(=O)N[C@H]2CCN(C(=O)C3CCCCC3)C2)CCN1. The third-order valence-corrected chi connectivity index (χ3v) is 5.42. The fraction of sp³-hybridized carbons (Fsp3) is 0.824. The van der Waals surface area contributed by atoms with Crippen molar-refractivity contribution in [3.63, 3.8) is 0 Å². The first-order valence-electron chi connectivity index (χ1n) is 8.99. The molecule has 2 N–H and O–H groups in total. The van der Waals surface area contributed by atoms with Crippen LogP contribution < -0.4 is 10.6 Å². The van der Waals surface area contributed by atoms with Gasteiger partial charge in [0.15, 0.2) is 0 Å². The van der Waals surface area contributed by atoms with Gasteiger partial charge in [-0.2, -0.15) is 0 Å². The maximum atomic E-state index is 12.5. The molecule has 0 unspecified atom stereocenters. The molecule has 6 heteroatoms. The highest BCUT2D eigenvalue weighted by molar-refractivity contribution is 5.87. The van der Waals surface area contributed by atoms with E-state index in [9.17, 15) is 14.4 Å². The minimum Gasteiger partial charge on any atom is -0.356 e. The van der Waals surface area contributed by atoms with Crippen molar-refractivity contribution in [2.24, 2.45) is 11.8 Å². The Balaban J connectivity index is 1.46. The van der Waals surface area contributed by atoms with Crippen LogP contribution in [0.2, 0.25) is 0 Å². The normalized spacial score (nSPS) is 29.2. The molecule has 2 heterocycles. The highest BCUT2D eigenvalue weighted by Crippen LogP contribution is 2.27. The smallest absolute Gasteiger partial charge is 0.225 e. The molecule has 3 fully saturated rings. The Hall–Kier alpha value is -1.59. The Bertz CT molecular complexity index is 474. The van der Waals surface area contributed by atoms with Gasteiger partial charge in [0.1, 0.15) is 0 Å². The predicted octanol–water partition coefficient (Wildman–Crippen LogP) is 0.810. The van der Waals surface area contributed by atoms with Crippen LogP contribution >= 0.6 is 0 Å². The van der Waals surface area contributed by atoms with Crippen LogP contribution in [-0.4, -0.2) is 48.3 Å². The monoisotopic (exact) mass is 321 g/mol. The van der Waals surface area contributed by atoms with E-state index >= 15 is 0 Å². The zero-order valence-corrected chi connectivity index (χ0v) is 13.7. The summed E-state index contributed by atoms with van der Waals surface area (Å²) in [5.74, 6) is 0.180. The summed E-state index contributed by atoms with van der Waals surface area (Å²) in [5.41, 5.74) is 0. The van der Waals surface area contributed by atoms with Crippen molar-refractivity contribution in [2.45, 2.75) is 57.4 Å². The summed E-state index contributed by atoms with van der Waals surface area (Å²) < 4.78 is 0. The van der Waals surface area contributed by atoms with E-state index in [1.807, 2.05) is 4.90 Å². The van der Waals surface area contributed by atoms with Crippen molar-refractivity contribution in [1.82, 2.24) is 15.5 Å². The van der Waals surface area contributed by atoms with E-state index in [0.717, 1.165) is 38.6 Å². The highest BCUT2D eigenvalue weighted by Gasteiger charge is 2.33. The molecule has 0 aromatic heterocycles. The number of piperidine rings is 1. The number of hydrogen-bond acceptors (Lipinski definition) is 3. The number of likely N-dealkylation sites (tertiary alicyclic amines) is 1. The van der Waals surface area contributed by atoms with Gasteiger partial charge in [0, 0.05) is 43.9 Å². The molecule has 0 radical (unpaired) electrons. The second kappa shape index (κ2) is 7.32. The Morgan fingerprint density at radius 3 is 2.57 bits per heavy atom. The molecule has 1 aliphatic carbocycles. The molecule has 3 amide bonds. The standard InChI is InChI=1S/C17H27N3O3/c21-15-10-13(6-8-18-15)16(22)19-14-7-9-20(11-14)17(23)12-4-2-1-3-5-12/h12-14H,1-11H2,(H,18,21)(H,19,22)/t13-,14-/m0/s1. The quantitative estimate of drug-likeness (QED) is 0.807. The number of nitrogens with one attached hydrogen (secondary N) is 2. The number of amides is 3. The van der Waals surface area contributed by atoms with Crippen LogP contribution in [0.3, 0.4) is 0 Å². The van der Waals surface area contributed by atoms with E-state index in [2.05, 4.69) is 10.6 Å². The second-order valence-corrected chi connectivity index (χ2v) is 7.15. The Morgan fingerprint density at radius 1 is 1.04 bits per heavy atom. The van der Waals surface area contributed by atoms with Gasteiger partial charge in [-0.15, -0.1) is 0 Å². The highest BCUT2D eigenvalue weighted by atomic mass is 16.2. The largest absolute Gasteiger partial charge is 0.356 e. The van der Waals surface area contributed by atoms with Gasteiger partial charge in [-0.25, -0.2) is 0 Å². The molecule has 2 saturated heterocycles. The second-order valence-electron chi connectivity index (χ2n) is 7.15. The van der Waals surface area contributed by atoms with E-state index in [-0.39, 0.29) is 42.0 Å². The molecule has 3 rings (SSSR count). The minimum absolute atomic E-state index is 0.0307. The van der Waals surface area contributed by atoms with E-state index in [1.165, 1.54) is 6.42 Å². The Morgan fingerprint density at radius 2 is 1.83 bits per heavy atom. The van der Waals surface area contributed by atoms with Crippen molar-refractivity contribution >= 4 is 17.7 Å². The van der Waals surface area contributed by atoms with E-state index in [1.54, 1.807) is 0 Å². The predicted molar refractivity (Wildman–Crippen MR) is 85.4 cm³/mol. The van der Waals surface area contributed by atoms with Gasteiger partial charge in [0.2, 0.25) is 17.7 Å². The molecule has 0 spiro atoms. The summed E-state index contributed by atoms with van der Waals surface area (Å²) in [4.78, 5) is 38.1. The molecule has 0 aromatic carbocycles. The van der Waals surface area contributed by atoms with Crippen LogP contribution in [0.5, 0.6) is 0 Å². The summed E-state index contributed by atoms with van der Waals surface area (Å²) in [7, 11) is 0. The maximum absolute atomic E-state index is 12.5. The maximum Gasteiger partial charge on any atom is 0.225 e. The average Bonchev–Trinajstić information content (AvgIpc) is 3.03. The topological polar surface area (TPSA) is 78.5 Å². The number of rotatable bonds is 3. The van der Waals surface area contributed by atoms with E-state index < -0.39 is 0 Å². The molecular weight excluding hydrogens is 294 g/mol. The van der Waals surface area contributed by atoms with Crippen LogP contribution in [0.15, 0.2) is 0 Å². The summed E-state index contributed by atoms with van der Waals surface area (Å²) >= 11 is 0. The van der Waals surface area contributed by atoms with Crippen LogP contribution in [0.1, 0.15) is 51.4 Å². The van der Waals surface area contributed by atoms with Crippen LogP contribution in [0, 0.1) is 11.8 Å². The van der Waals surface area contributed by atoms with Crippen LogP contribution in [-0.2, 0) is 14.4 Å². The molecule has 2 atom stereocenters. The third-order valence-electron chi connectivity index (χ3n) is 5.42. The third kappa shape index (κ3) is 4.03.